The molecule has 0 aliphatic heterocycles. The summed E-state index contributed by atoms with van der Waals surface area (Å²) in [5, 5.41) is 12.9. The Morgan fingerprint density at radius 3 is 2.83 bits per heavy atom. The normalized spacial score (nSPS) is 10.1. The minimum Gasteiger partial charge on any atom is -0.508 e. The predicted molar refractivity (Wildman–Crippen MR) is 73.9 cm³/mol. The number of phenols is 1. The van der Waals surface area contributed by atoms with Crippen molar-refractivity contribution in [1.29, 1.82) is 0 Å². The maximum Gasteiger partial charge on any atom is 0.213 e. The Balaban J connectivity index is 2.04. The molecule has 0 radical (unpaired) electrons. The highest BCUT2D eigenvalue weighted by Gasteiger charge is 2.02. The molecule has 4 nitrogen and oxygen atoms in total. The zero-order valence-electron chi connectivity index (χ0n) is 9.85. The van der Waals surface area contributed by atoms with Gasteiger partial charge >= 0.3 is 0 Å². The summed E-state index contributed by atoms with van der Waals surface area (Å²) in [4.78, 5) is 4.09. The third-order valence-corrected chi connectivity index (χ3v) is 2.96. The maximum atomic E-state index is 9.70. The molecule has 0 unspecified atom stereocenters. The minimum atomic E-state index is 0.271. The molecule has 0 aliphatic rings. The second kappa shape index (κ2) is 5.73. The van der Waals surface area contributed by atoms with Gasteiger partial charge in [-0.05, 0) is 24.3 Å². The standard InChI is InChI=1S/C13H13BrN2O2/c1-18-13-5-3-11(8-16-13)15-7-9-6-10(14)2-4-12(9)17/h2-6,8,15,17H,7H2,1H3. The van der Waals surface area contributed by atoms with Crippen molar-refractivity contribution in [2.75, 3.05) is 12.4 Å². The van der Waals surface area contributed by atoms with Crippen LogP contribution in [0.25, 0.3) is 0 Å². The molecule has 2 aromatic rings. The molecule has 1 aromatic carbocycles. The van der Waals surface area contributed by atoms with E-state index in [1.165, 1.54) is 0 Å². The van der Waals surface area contributed by atoms with Crippen molar-refractivity contribution in [3.63, 3.8) is 0 Å². The summed E-state index contributed by atoms with van der Waals surface area (Å²) in [6.07, 6.45) is 1.69. The molecule has 0 saturated heterocycles. The number of ether oxygens (including phenoxy) is 1. The average Bonchev–Trinajstić information content (AvgIpc) is 2.40. The zero-order valence-corrected chi connectivity index (χ0v) is 11.4. The Morgan fingerprint density at radius 2 is 2.17 bits per heavy atom. The van der Waals surface area contributed by atoms with Gasteiger partial charge in [0.15, 0.2) is 0 Å². The molecule has 0 amide bonds. The number of aromatic nitrogens is 1. The van der Waals surface area contributed by atoms with Crippen molar-refractivity contribution < 1.29 is 9.84 Å². The van der Waals surface area contributed by atoms with Gasteiger partial charge < -0.3 is 15.2 Å². The van der Waals surface area contributed by atoms with Gasteiger partial charge in [0.2, 0.25) is 5.88 Å². The lowest BCUT2D eigenvalue weighted by molar-refractivity contribution is 0.398. The number of halogens is 1. The van der Waals surface area contributed by atoms with Gasteiger partial charge in [-0.3, -0.25) is 0 Å². The third kappa shape index (κ3) is 3.13. The van der Waals surface area contributed by atoms with Crippen molar-refractivity contribution in [3.8, 4) is 11.6 Å². The van der Waals surface area contributed by atoms with Crippen LogP contribution >= 0.6 is 15.9 Å². The quantitative estimate of drug-likeness (QED) is 0.911. The molecule has 1 heterocycles. The van der Waals surface area contributed by atoms with Crippen molar-refractivity contribution in [2.45, 2.75) is 6.54 Å². The molecular weight excluding hydrogens is 296 g/mol. The fourth-order valence-electron chi connectivity index (χ4n) is 1.50. The summed E-state index contributed by atoms with van der Waals surface area (Å²) >= 11 is 3.37. The van der Waals surface area contributed by atoms with E-state index in [1.54, 1.807) is 31.5 Å². The fourth-order valence-corrected chi connectivity index (χ4v) is 1.91. The molecule has 94 valence electrons. The molecule has 0 spiro atoms. The van der Waals surface area contributed by atoms with Gasteiger partial charge in [-0.25, -0.2) is 4.98 Å². The summed E-state index contributed by atoms with van der Waals surface area (Å²) in [5.74, 6) is 0.845. The predicted octanol–water partition coefficient (Wildman–Crippen LogP) is 3.17. The number of benzene rings is 1. The molecule has 2 N–H and O–H groups in total. The molecule has 0 fully saturated rings. The van der Waals surface area contributed by atoms with E-state index >= 15 is 0 Å². The summed E-state index contributed by atoms with van der Waals surface area (Å²) in [5.41, 5.74) is 1.69. The van der Waals surface area contributed by atoms with Crippen LogP contribution in [-0.2, 0) is 6.54 Å². The second-order valence-corrected chi connectivity index (χ2v) is 4.63. The molecular formula is C13H13BrN2O2. The summed E-state index contributed by atoms with van der Waals surface area (Å²) in [6, 6.07) is 8.99. The third-order valence-electron chi connectivity index (χ3n) is 2.47. The van der Waals surface area contributed by atoms with Crippen LogP contribution in [0.2, 0.25) is 0 Å². The number of anilines is 1. The molecule has 1 aromatic heterocycles. The van der Waals surface area contributed by atoms with Crippen LogP contribution in [0, 0.1) is 0 Å². The fraction of sp³-hybridized carbons (Fsp3) is 0.154. The molecule has 2 rings (SSSR count). The van der Waals surface area contributed by atoms with Gasteiger partial charge in [-0.15, -0.1) is 0 Å². The van der Waals surface area contributed by atoms with Crippen LogP contribution in [0.3, 0.4) is 0 Å². The SMILES string of the molecule is COc1ccc(NCc2cc(Br)ccc2O)cn1. The van der Waals surface area contributed by atoms with Gasteiger partial charge in [0.05, 0.1) is 19.0 Å². The lowest BCUT2D eigenvalue weighted by atomic mass is 10.2. The Bertz CT molecular complexity index is 529. The minimum absolute atomic E-state index is 0.271. The number of nitrogens with one attached hydrogen (secondary N) is 1. The molecule has 0 saturated carbocycles. The van der Waals surface area contributed by atoms with Crippen LogP contribution in [0.4, 0.5) is 5.69 Å². The first kappa shape index (κ1) is 12.7. The van der Waals surface area contributed by atoms with E-state index < -0.39 is 0 Å². The van der Waals surface area contributed by atoms with E-state index in [9.17, 15) is 5.11 Å². The van der Waals surface area contributed by atoms with E-state index in [-0.39, 0.29) is 5.75 Å². The van der Waals surface area contributed by atoms with Crippen LogP contribution in [0.1, 0.15) is 5.56 Å². The second-order valence-electron chi connectivity index (χ2n) is 3.72. The number of methoxy groups -OCH3 is 1. The number of hydrogen-bond donors (Lipinski definition) is 2. The number of pyridine rings is 1. The lowest BCUT2D eigenvalue weighted by Gasteiger charge is -2.08. The molecule has 18 heavy (non-hydrogen) atoms. The van der Waals surface area contributed by atoms with Gasteiger partial charge in [-0.2, -0.15) is 0 Å². The van der Waals surface area contributed by atoms with Crippen LogP contribution in [0.15, 0.2) is 41.0 Å². The highest BCUT2D eigenvalue weighted by atomic mass is 79.9. The number of nitrogens with zero attached hydrogens (tertiary/aromatic N) is 1. The molecule has 0 bridgehead atoms. The first-order chi connectivity index (χ1) is 8.69. The van der Waals surface area contributed by atoms with E-state index in [1.807, 2.05) is 12.1 Å². The number of rotatable bonds is 4. The van der Waals surface area contributed by atoms with Crippen molar-refractivity contribution in [1.82, 2.24) is 4.98 Å². The highest BCUT2D eigenvalue weighted by molar-refractivity contribution is 9.10. The van der Waals surface area contributed by atoms with E-state index in [0.717, 1.165) is 15.7 Å². The van der Waals surface area contributed by atoms with Gasteiger partial charge in [0, 0.05) is 22.6 Å². The zero-order chi connectivity index (χ0) is 13.0. The largest absolute Gasteiger partial charge is 0.508 e. The van der Waals surface area contributed by atoms with E-state index in [4.69, 9.17) is 4.74 Å². The Morgan fingerprint density at radius 1 is 1.33 bits per heavy atom. The van der Waals surface area contributed by atoms with Crippen molar-refractivity contribution in [2.24, 2.45) is 0 Å². The van der Waals surface area contributed by atoms with Gasteiger partial charge in [-0.1, -0.05) is 15.9 Å². The number of hydrogen-bond acceptors (Lipinski definition) is 4. The lowest BCUT2D eigenvalue weighted by Crippen LogP contribution is -2.00. The van der Waals surface area contributed by atoms with Crippen molar-refractivity contribution >= 4 is 21.6 Å². The average molecular weight is 309 g/mol. The first-order valence-corrected chi connectivity index (χ1v) is 6.19. The topological polar surface area (TPSA) is 54.4 Å². The molecule has 0 aliphatic carbocycles. The van der Waals surface area contributed by atoms with Crippen LogP contribution < -0.4 is 10.1 Å². The number of aromatic hydroxyl groups is 1. The Kier molecular flexibility index (Phi) is 4.04. The summed E-state index contributed by atoms with van der Waals surface area (Å²) in [7, 11) is 1.58. The smallest absolute Gasteiger partial charge is 0.213 e. The van der Waals surface area contributed by atoms with Crippen LogP contribution in [0.5, 0.6) is 11.6 Å². The van der Waals surface area contributed by atoms with Crippen molar-refractivity contribution in [3.05, 3.63) is 46.6 Å². The summed E-state index contributed by atoms with van der Waals surface area (Å²) in [6.45, 7) is 0.527. The van der Waals surface area contributed by atoms with E-state index in [2.05, 4.69) is 26.2 Å². The Labute approximate surface area is 114 Å². The van der Waals surface area contributed by atoms with Gasteiger partial charge in [0.25, 0.3) is 0 Å². The first-order valence-electron chi connectivity index (χ1n) is 5.40. The van der Waals surface area contributed by atoms with Crippen LogP contribution in [-0.4, -0.2) is 17.2 Å². The van der Waals surface area contributed by atoms with Gasteiger partial charge in [0.1, 0.15) is 5.75 Å². The molecule has 0 atom stereocenters. The Hall–Kier alpha value is -1.75. The molecule has 5 heteroatoms. The summed E-state index contributed by atoms with van der Waals surface area (Å²) < 4.78 is 5.92. The highest BCUT2D eigenvalue weighted by Crippen LogP contribution is 2.23. The van der Waals surface area contributed by atoms with E-state index in [0.29, 0.717) is 12.4 Å². The maximum absolute atomic E-state index is 9.70. The number of phenolic OH excluding ortho intramolecular Hbond substituents is 1. The monoisotopic (exact) mass is 308 g/mol.